The molecule has 1 amide bonds. The zero-order chi connectivity index (χ0) is 14.3. The van der Waals surface area contributed by atoms with Crippen molar-refractivity contribution in [1.82, 2.24) is 14.3 Å². The van der Waals surface area contributed by atoms with Gasteiger partial charge in [-0.05, 0) is 11.3 Å². The summed E-state index contributed by atoms with van der Waals surface area (Å²) < 4.78 is 1.45. The van der Waals surface area contributed by atoms with Gasteiger partial charge in [0, 0.05) is 31.4 Å². The number of thiazole rings is 1. The van der Waals surface area contributed by atoms with Crippen molar-refractivity contribution >= 4 is 33.8 Å². The van der Waals surface area contributed by atoms with Crippen molar-refractivity contribution in [2.24, 2.45) is 0 Å². The number of fused-ring (bicyclic) bond motifs is 1. The van der Waals surface area contributed by atoms with E-state index in [1.54, 1.807) is 23.5 Å². The Morgan fingerprint density at radius 3 is 3.10 bits per heavy atom. The minimum atomic E-state index is -0.453. The zero-order valence-corrected chi connectivity index (χ0v) is 11.6. The number of rotatable bonds is 3. The van der Waals surface area contributed by atoms with E-state index < -0.39 is 4.92 Å². The summed E-state index contributed by atoms with van der Waals surface area (Å²) in [6, 6.07) is -0.109. The van der Waals surface area contributed by atoms with Crippen LogP contribution in [0.15, 0.2) is 11.6 Å². The molecule has 1 atom stereocenters. The number of amides is 1. The van der Waals surface area contributed by atoms with Crippen molar-refractivity contribution in [2.45, 2.75) is 18.9 Å². The van der Waals surface area contributed by atoms with Crippen LogP contribution < -0.4 is 5.32 Å². The van der Waals surface area contributed by atoms with Crippen LogP contribution >= 0.6 is 11.3 Å². The molecule has 3 rings (SSSR count). The number of nitrogens with zero attached hydrogens (tertiary/aromatic N) is 4. The van der Waals surface area contributed by atoms with Gasteiger partial charge in [0.15, 0.2) is 0 Å². The molecule has 106 valence electrons. The fourth-order valence-corrected chi connectivity index (χ4v) is 3.01. The molecule has 2 aromatic rings. The number of hydrogen-bond donors (Lipinski definition) is 1. The molecular formula is C11H13N5O3S. The highest BCUT2D eigenvalue weighted by Crippen LogP contribution is 2.29. The number of hydrogen-bond acceptors (Lipinski definition) is 6. The summed E-state index contributed by atoms with van der Waals surface area (Å²) in [5.41, 5.74) is 0. The van der Waals surface area contributed by atoms with Gasteiger partial charge in [0.2, 0.25) is 11.7 Å². The van der Waals surface area contributed by atoms with Gasteiger partial charge < -0.3 is 20.3 Å². The maximum absolute atomic E-state index is 11.7. The van der Waals surface area contributed by atoms with E-state index in [1.807, 2.05) is 0 Å². The van der Waals surface area contributed by atoms with Gasteiger partial charge in [-0.1, -0.05) is 11.3 Å². The number of aromatic nitrogens is 2. The number of anilines is 1. The molecule has 0 aromatic carbocycles. The summed E-state index contributed by atoms with van der Waals surface area (Å²) >= 11 is 1.33. The molecule has 9 heteroatoms. The summed E-state index contributed by atoms with van der Waals surface area (Å²) in [6.07, 6.45) is 2.71. The fraction of sp³-hybridized carbons (Fsp3) is 0.455. The summed E-state index contributed by atoms with van der Waals surface area (Å²) in [5, 5.41) is 16.0. The van der Waals surface area contributed by atoms with Gasteiger partial charge in [0.1, 0.15) is 6.20 Å². The van der Waals surface area contributed by atoms with Crippen LogP contribution in [0.1, 0.15) is 12.8 Å². The van der Waals surface area contributed by atoms with E-state index in [4.69, 9.17) is 0 Å². The Morgan fingerprint density at radius 1 is 1.60 bits per heavy atom. The lowest BCUT2D eigenvalue weighted by Crippen LogP contribution is -2.41. The topological polar surface area (TPSA) is 92.8 Å². The van der Waals surface area contributed by atoms with E-state index in [0.717, 1.165) is 6.42 Å². The van der Waals surface area contributed by atoms with Crippen LogP contribution in [-0.4, -0.2) is 44.7 Å². The molecule has 1 unspecified atom stereocenters. The van der Waals surface area contributed by atoms with Crippen molar-refractivity contribution in [3.63, 3.8) is 0 Å². The molecule has 0 spiro atoms. The van der Waals surface area contributed by atoms with Gasteiger partial charge in [-0.3, -0.25) is 4.79 Å². The third kappa shape index (κ3) is 2.09. The molecule has 1 aliphatic rings. The molecule has 1 N–H and O–H groups in total. The Morgan fingerprint density at radius 2 is 2.40 bits per heavy atom. The fourth-order valence-electron chi connectivity index (χ4n) is 2.30. The van der Waals surface area contributed by atoms with Crippen LogP contribution in [0, 0.1) is 10.1 Å². The first kappa shape index (κ1) is 12.9. The van der Waals surface area contributed by atoms with Crippen molar-refractivity contribution in [3.8, 4) is 0 Å². The number of carbonyl (C=O) groups is 1. The van der Waals surface area contributed by atoms with E-state index in [-0.39, 0.29) is 23.6 Å². The first-order valence-electron chi connectivity index (χ1n) is 6.16. The zero-order valence-electron chi connectivity index (χ0n) is 10.8. The molecule has 0 aliphatic carbocycles. The molecule has 1 aliphatic heterocycles. The van der Waals surface area contributed by atoms with Crippen LogP contribution in [0.5, 0.6) is 0 Å². The lowest BCUT2D eigenvalue weighted by molar-refractivity contribution is -0.389. The summed E-state index contributed by atoms with van der Waals surface area (Å²) in [7, 11) is 1.76. The van der Waals surface area contributed by atoms with Crippen LogP contribution in [0.3, 0.4) is 0 Å². The van der Waals surface area contributed by atoms with Gasteiger partial charge in [-0.2, -0.15) is 9.38 Å². The summed E-state index contributed by atoms with van der Waals surface area (Å²) in [5.74, 6) is 0.203. The molecular weight excluding hydrogens is 282 g/mol. The normalized spacial score (nSPS) is 19.6. The van der Waals surface area contributed by atoms with Crippen LogP contribution in [0.4, 0.5) is 11.6 Å². The number of piperidine rings is 1. The second kappa shape index (κ2) is 4.75. The number of nitro groups is 1. The average molecular weight is 295 g/mol. The number of carbonyl (C=O) groups excluding carboxylic acids is 1. The first-order valence-corrected chi connectivity index (χ1v) is 7.04. The van der Waals surface area contributed by atoms with Gasteiger partial charge in [0.25, 0.3) is 4.96 Å². The molecule has 1 fully saturated rings. The van der Waals surface area contributed by atoms with Gasteiger partial charge in [0.05, 0.1) is 0 Å². The first-order chi connectivity index (χ1) is 9.56. The Balaban J connectivity index is 1.87. The highest BCUT2D eigenvalue weighted by molar-refractivity contribution is 7.15. The van der Waals surface area contributed by atoms with Crippen LogP contribution in [0.25, 0.3) is 4.96 Å². The second-order valence-corrected chi connectivity index (χ2v) is 5.62. The van der Waals surface area contributed by atoms with E-state index in [2.05, 4.69) is 10.3 Å². The number of likely N-dealkylation sites (tertiary alicyclic amines) is 1. The van der Waals surface area contributed by atoms with Crippen molar-refractivity contribution in [2.75, 3.05) is 18.9 Å². The van der Waals surface area contributed by atoms with Crippen LogP contribution in [-0.2, 0) is 4.79 Å². The van der Waals surface area contributed by atoms with E-state index in [1.165, 1.54) is 15.7 Å². The molecule has 3 heterocycles. The van der Waals surface area contributed by atoms with Crippen molar-refractivity contribution < 1.29 is 9.72 Å². The largest absolute Gasteiger partial charge is 0.372 e. The quantitative estimate of drug-likeness (QED) is 0.681. The van der Waals surface area contributed by atoms with Crippen LogP contribution in [0.2, 0.25) is 0 Å². The maximum atomic E-state index is 11.7. The number of nitrogens with one attached hydrogen (secondary N) is 1. The smallest absolute Gasteiger partial charge is 0.360 e. The third-order valence-corrected chi connectivity index (χ3v) is 4.17. The predicted octanol–water partition coefficient (Wildman–Crippen LogP) is 1.34. The van der Waals surface area contributed by atoms with Crippen molar-refractivity contribution in [1.29, 1.82) is 0 Å². The molecule has 2 aromatic heterocycles. The Bertz CT molecular complexity index is 679. The predicted molar refractivity (Wildman–Crippen MR) is 74.0 cm³/mol. The van der Waals surface area contributed by atoms with Gasteiger partial charge >= 0.3 is 5.82 Å². The highest BCUT2D eigenvalue weighted by Gasteiger charge is 2.29. The molecule has 0 radical (unpaired) electrons. The Labute approximate surface area is 118 Å². The van der Waals surface area contributed by atoms with E-state index in [9.17, 15) is 14.9 Å². The number of imidazole rings is 1. The SMILES string of the molecule is CN1CCC(Nc2nc3sccn3c2[N+](=O)[O-])CC1=O. The summed E-state index contributed by atoms with van der Waals surface area (Å²) in [6.45, 7) is 0.645. The molecule has 0 bridgehead atoms. The molecule has 0 saturated carbocycles. The summed E-state index contributed by atoms with van der Waals surface area (Å²) in [4.78, 5) is 28.9. The molecule has 20 heavy (non-hydrogen) atoms. The van der Waals surface area contributed by atoms with Gasteiger partial charge in [-0.25, -0.2) is 0 Å². The van der Waals surface area contributed by atoms with Gasteiger partial charge in [-0.15, -0.1) is 0 Å². The second-order valence-electron chi connectivity index (χ2n) is 4.75. The van der Waals surface area contributed by atoms with E-state index >= 15 is 0 Å². The maximum Gasteiger partial charge on any atom is 0.372 e. The minimum Gasteiger partial charge on any atom is -0.360 e. The minimum absolute atomic E-state index is 0.0393. The third-order valence-electron chi connectivity index (χ3n) is 3.41. The lowest BCUT2D eigenvalue weighted by atomic mass is 10.1. The molecule has 1 saturated heterocycles. The lowest BCUT2D eigenvalue weighted by Gasteiger charge is -2.29. The molecule has 8 nitrogen and oxygen atoms in total. The highest BCUT2D eigenvalue weighted by atomic mass is 32.1. The Kier molecular flexibility index (Phi) is 3.05. The standard InChI is InChI=1S/C11H13N5O3S/c1-14-3-2-7(6-8(14)17)12-9-10(16(18)19)15-4-5-20-11(15)13-9/h4-5,7,12H,2-3,6H2,1H3. The average Bonchev–Trinajstić information content (AvgIpc) is 2.93. The van der Waals surface area contributed by atoms with E-state index in [0.29, 0.717) is 17.9 Å². The monoisotopic (exact) mass is 295 g/mol. The Hall–Kier alpha value is -2.16. The van der Waals surface area contributed by atoms with Crippen molar-refractivity contribution in [3.05, 3.63) is 21.7 Å².